The highest BCUT2D eigenvalue weighted by Crippen LogP contribution is 2.38. The Labute approximate surface area is 123 Å². The first-order valence-electron chi connectivity index (χ1n) is 7.43. The van der Waals surface area contributed by atoms with Crippen molar-refractivity contribution in [3.05, 3.63) is 30.1 Å². The lowest BCUT2D eigenvalue weighted by Crippen LogP contribution is -2.33. The number of fused-ring (bicyclic) bond motifs is 1. The second-order valence-corrected chi connectivity index (χ2v) is 6.10. The largest absolute Gasteiger partial charge is 0.478 e. The molecule has 1 saturated carbocycles. The van der Waals surface area contributed by atoms with Gasteiger partial charge in [0.1, 0.15) is 0 Å². The Morgan fingerprint density at radius 2 is 2.05 bits per heavy atom. The SMILES string of the molecule is O=C(O)c1ccc2c(c1)ncn2CC1(CO)CCCCC1. The predicted molar refractivity (Wildman–Crippen MR) is 79.3 cm³/mol. The van der Waals surface area contributed by atoms with Gasteiger partial charge in [-0.1, -0.05) is 19.3 Å². The van der Waals surface area contributed by atoms with Crippen LogP contribution in [0.5, 0.6) is 0 Å². The Hall–Kier alpha value is -1.88. The molecule has 3 rings (SSSR count). The van der Waals surface area contributed by atoms with E-state index >= 15 is 0 Å². The second kappa shape index (κ2) is 5.48. The average Bonchev–Trinajstić information content (AvgIpc) is 2.90. The molecule has 0 amide bonds. The van der Waals surface area contributed by atoms with Crippen molar-refractivity contribution in [3.8, 4) is 0 Å². The lowest BCUT2D eigenvalue weighted by atomic mass is 9.74. The van der Waals surface area contributed by atoms with Gasteiger partial charge in [0.25, 0.3) is 0 Å². The van der Waals surface area contributed by atoms with E-state index in [1.165, 1.54) is 6.42 Å². The van der Waals surface area contributed by atoms with Gasteiger partial charge in [0, 0.05) is 12.0 Å². The molecule has 0 aliphatic heterocycles. The molecule has 112 valence electrons. The summed E-state index contributed by atoms with van der Waals surface area (Å²) in [6.07, 6.45) is 7.40. The third-order valence-corrected chi connectivity index (χ3v) is 4.62. The fourth-order valence-corrected chi connectivity index (χ4v) is 3.35. The first kappa shape index (κ1) is 14.1. The monoisotopic (exact) mass is 288 g/mol. The van der Waals surface area contributed by atoms with Crippen LogP contribution in [0.1, 0.15) is 42.5 Å². The van der Waals surface area contributed by atoms with Crippen molar-refractivity contribution in [2.75, 3.05) is 6.61 Å². The van der Waals surface area contributed by atoms with Gasteiger partial charge in [-0.05, 0) is 31.0 Å². The standard InChI is InChI=1S/C16H20N2O3/c19-10-16(6-2-1-3-7-16)9-18-11-17-13-8-12(15(20)21)4-5-14(13)18/h4-5,8,11,19H,1-3,6-7,9-10H2,(H,20,21). The van der Waals surface area contributed by atoms with Crippen molar-refractivity contribution < 1.29 is 15.0 Å². The van der Waals surface area contributed by atoms with Crippen molar-refractivity contribution in [2.24, 2.45) is 5.41 Å². The zero-order valence-corrected chi connectivity index (χ0v) is 12.0. The molecule has 5 heteroatoms. The van der Waals surface area contributed by atoms with Gasteiger partial charge in [0.15, 0.2) is 0 Å². The van der Waals surface area contributed by atoms with E-state index in [0.717, 1.165) is 37.7 Å². The smallest absolute Gasteiger partial charge is 0.335 e. The molecule has 0 radical (unpaired) electrons. The Morgan fingerprint density at radius 1 is 1.29 bits per heavy atom. The molecule has 21 heavy (non-hydrogen) atoms. The summed E-state index contributed by atoms with van der Waals surface area (Å²) in [6, 6.07) is 5.01. The highest BCUT2D eigenvalue weighted by atomic mass is 16.4. The van der Waals surface area contributed by atoms with Crippen LogP contribution in [0.4, 0.5) is 0 Å². The molecule has 1 heterocycles. The number of nitrogens with zero attached hydrogens (tertiary/aromatic N) is 2. The van der Waals surface area contributed by atoms with Gasteiger partial charge in [0.2, 0.25) is 0 Å². The number of rotatable bonds is 4. The molecule has 0 atom stereocenters. The Kier molecular flexibility index (Phi) is 3.68. The van der Waals surface area contributed by atoms with Crippen LogP contribution in [0.25, 0.3) is 11.0 Å². The molecule has 1 aliphatic carbocycles. The van der Waals surface area contributed by atoms with Crippen LogP contribution in [0.15, 0.2) is 24.5 Å². The molecular formula is C16H20N2O3. The van der Waals surface area contributed by atoms with Crippen LogP contribution in [0.3, 0.4) is 0 Å². The summed E-state index contributed by atoms with van der Waals surface area (Å²) in [5.74, 6) is -0.939. The fraction of sp³-hybridized carbons (Fsp3) is 0.500. The van der Waals surface area contributed by atoms with Crippen LogP contribution in [0, 0.1) is 5.41 Å². The van der Waals surface area contributed by atoms with Crippen molar-refractivity contribution in [1.29, 1.82) is 0 Å². The molecule has 0 saturated heterocycles. The van der Waals surface area contributed by atoms with Gasteiger partial charge < -0.3 is 14.8 Å². The zero-order chi connectivity index (χ0) is 14.9. The maximum Gasteiger partial charge on any atom is 0.335 e. The van der Waals surface area contributed by atoms with E-state index in [-0.39, 0.29) is 17.6 Å². The number of aromatic nitrogens is 2. The quantitative estimate of drug-likeness (QED) is 0.907. The number of aliphatic hydroxyl groups is 1. The number of aromatic carboxylic acids is 1. The summed E-state index contributed by atoms with van der Waals surface area (Å²) >= 11 is 0. The Balaban J connectivity index is 1.92. The topological polar surface area (TPSA) is 75.3 Å². The summed E-state index contributed by atoms with van der Waals surface area (Å²) in [7, 11) is 0. The maximum atomic E-state index is 11.0. The van der Waals surface area contributed by atoms with Crippen LogP contribution < -0.4 is 0 Å². The number of imidazole rings is 1. The molecule has 0 spiro atoms. The van der Waals surface area contributed by atoms with Gasteiger partial charge >= 0.3 is 5.97 Å². The van der Waals surface area contributed by atoms with Crippen LogP contribution in [-0.2, 0) is 6.54 Å². The van der Waals surface area contributed by atoms with E-state index < -0.39 is 5.97 Å². The highest BCUT2D eigenvalue weighted by molar-refractivity contribution is 5.92. The molecule has 1 aromatic carbocycles. The third-order valence-electron chi connectivity index (χ3n) is 4.62. The minimum Gasteiger partial charge on any atom is -0.478 e. The number of carboxylic acids is 1. The van der Waals surface area contributed by atoms with Gasteiger partial charge in [0.05, 0.1) is 29.5 Å². The number of hydrogen-bond acceptors (Lipinski definition) is 3. The second-order valence-electron chi connectivity index (χ2n) is 6.10. The van der Waals surface area contributed by atoms with Crippen molar-refractivity contribution in [1.82, 2.24) is 9.55 Å². The summed E-state index contributed by atoms with van der Waals surface area (Å²) in [5, 5.41) is 18.8. The van der Waals surface area contributed by atoms with Gasteiger partial charge in [-0.3, -0.25) is 0 Å². The van der Waals surface area contributed by atoms with Crippen LogP contribution in [0.2, 0.25) is 0 Å². The maximum absolute atomic E-state index is 11.0. The van der Waals surface area contributed by atoms with Crippen molar-refractivity contribution in [2.45, 2.75) is 38.6 Å². The average molecular weight is 288 g/mol. The van der Waals surface area contributed by atoms with Gasteiger partial charge in [-0.15, -0.1) is 0 Å². The minimum atomic E-state index is -0.939. The number of carbonyl (C=O) groups is 1. The van der Waals surface area contributed by atoms with Crippen molar-refractivity contribution >= 4 is 17.0 Å². The molecule has 1 aliphatic rings. The molecule has 0 unspecified atom stereocenters. The molecule has 1 aromatic heterocycles. The molecule has 1 fully saturated rings. The number of carboxylic acid groups (broad SMARTS) is 1. The van der Waals surface area contributed by atoms with Gasteiger partial charge in [-0.2, -0.15) is 0 Å². The van der Waals surface area contributed by atoms with Crippen molar-refractivity contribution in [3.63, 3.8) is 0 Å². The first-order chi connectivity index (χ1) is 10.1. The fourth-order valence-electron chi connectivity index (χ4n) is 3.35. The van der Waals surface area contributed by atoms with E-state index in [1.807, 2.05) is 4.57 Å². The van der Waals surface area contributed by atoms with Gasteiger partial charge in [-0.25, -0.2) is 9.78 Å². The normalized spacial score (nSPS) is 18.0. The van der Waals surface area contributed by atoms with E-state index in [0.29, 0.717) is 5.52 Å². The first-order valence-corrected chi connectivity index (χ1v) is 7.43. The summed E-state index contributed by atoms with van der Waals surface area (Å²) in [4.78, 5) is 15.3. The summed E-state index contributed by atoms with van der Waals surface area (Å²) in [5.41, 5.74) is 1.82. The Morgan fingerprint density at radius 3 is 2.71 bits per heavy atom. The van der Waals surface area contributed by atoms with E-state index in [9.17, 15) is 9.90 Å². The lowest BCUT2D eigenvalue weighted by molar-refractivity contribution is 0.0657. The molecule has 2 aromatic rings. The highest BCUT2D eigenvalue weighted by Gasteiger charge is 2.32. The molecular weight excluding hydrogens is 268 g/mol. The Bertz CT molecular complexity index is 657. The zero-order valence-electron chi connectivity index (χ0n) is 12.0. The molecule has 5 nitrogen and oxygen atoms in total. The van der Waals surface area contributed by atoms with Crippen LogP contribution >= 0.6 is 0 Å². The summed E-state index contributed by atoms with van der Waals surface area (Å²) in [6.45, 7) is 0.937. The number of hydrogen-bond donors (Lipinski definition) is 2. The minimum absolute atomic E-state index is 0.0582. The van der Waals surface area contributed by atoms with E-state index in [1.54, 1.807) is 24.5 Å². The number of aliphatic hydroxyl groups excluding tert-OH is 1. The lowest BCUT2D eigenvalue weighted by Gasteiger charge is -2.36. The van der Waals surface area contributed by atoms with E-state index in [2.05, 4.69) is 4.98 Å². The van der Waals surface area contributed by atoms with Crippen LogP contribution in [-0.4, -0.2) is 32.3 Å². The van der Waals surface area contributed by atoms with E-state index in [4.69, 9.17) is 5.11 Å². The summed E-state index contributed by atoms with van der Waals surface area (Å²) < 4.78 is 2.04. The predicted octanol–water partition coefficient (Wildman–Crippen LogP) is 2.68. The molecule has 2 N–H and O–H groups in total. The molecule has 0 bridgehead atoms. The third kappa shape index (κ3) is 2.65. The number of benzene rings is 1.